The fourth-order valence-corrected chi connectivity index (χ4v) is 4.01. The van der Waals surface area contributed by atoms with Crippen molar-refractivity contribution in [2.45, 2.75) is 19.8 Å². The topological polar surface area (TPSA) is 77.9 Å². The molecule has 1 aliphatic carbocycles. The smallest absolute Gasteiger partial charge is 0.311 e. The molecule has 1 N–H and O–H groups in total. The highest BCUT2D eigenvalue weighted by atomic mass is 16.4. The number of carbonyl (C=O) groups is 3. The molecule has 1 aromatic carbocycles. The van der Waals surface area contributed by atoms with Crippen molar-refractivity contribution in [3.8, 4) is 0 Å². The number of carbonyl (C=O) groups excluding carboxylic acids is 2. The molecule has 3 aliphatic rings. The summed E-state index contributed by atoms with van der Waals surface area (Å²) in [5.74, 6) is -0.789. The molecule has 0 spiro atoms. The SMILES string of the molecule is CC(=O)N1CCc2cc(C(=O)N3C[C@H]4C[C@@]4(C(=O)O)C3)ccc21. The normalized spacial score (nSPS) is 27.6. The zero-order valence-electron chi connectivity index (χ0n) is 12.9. The van der Waals surface area contributed by atoms with Crippen molar-refractivity contribution in [1.29, 1.82) is 0 Å². The number of hydrogen-bond acceptors (Lipinski definition) is 3. The molecule has 6 heteroatoms. The molecule has 23 heavy (non-hydrogen) atoms. The van der Waals surface area contributed by atoms with Gasteiger partial charge in [-0.25, -0.2) is 0 Å². The molecule has 1 aromatic rings. The van der Waals surface area contributed by atoms with Gasteiger partial charge in [-0.1, -0.05) is 0 Å². The molecule has 1 saturated heterocycles. The average Bonchev–Trinajstić information content (AvgIpc) is 2.92. The summed E-state index contributed by atoms with van der Waals surface area (Å²) < 4.78 is 0. The molecule has 6 nitrogen and oxygen atoms in total. The summed E-state index contributed by atoms with van der Waals surface area (Å²) in [6, 6.07) is 5.40. The summed E-state index contributed by atoms with van der Waals surface area (Å²) in [6.45, 7) is 3.02. The van der Waals surface area contributed by atoms with Crippen molar-refractivity contribution in [2.24, 2.45) is 11.3 Å². The van der Waals surface area contributed by atoms with Crippen molar-refractivity contribution in [3.05, 3.63) is 29.3 Å². The predicted molar refractivity (Wildman–Crippen MR) is 82.3 cm³/mol. The van der Waals surface area contributed by atoms with E-state index in [9.17, 15) is 19.5 Å². The van der Waals surface area contributed by atoms with Crippen LogP contribution in [0.4, 0.5) is 5.69 Å². The van der Waals surface area contributed by atoms with Gasteiger partial charge in [-0.05, 0) is 42.5 Å². The third kappa shape index (κ3) is 1.97. The zero-order chi connectivity index (χ0) is 16.4. The van der Waals surface area contributed by atoms with E-state index >= 15 is 0 Å². The lowest BCUT2D eigenvalue weighted by Crippen LogP contribution is -2.33. The second-order valence-electron chi connectivity index (χ2n) is 6.81. The number of likely N-dealkylation sites (tertiary alicyclic amines) is 1. The maximum Gasteiger partial charge on any atom is 0.311 e. The Morgan fingerprint density at radius 1 is 1.30 bits per heavy atom. The van der Waals surface area contributed by atoms with E-state index in [0.717, 1.165) is 17.7 Å². The number of aliphatic carboxylic acids is 1. The number of rotatable bonds is 2. The summed E-state index contributed by atoms with van der Waals surface area (Å²) in [5, 5.41) is 9.32. The number of piperidine rings is 1. The Morgan fingerprint density at radius 2 is 2.09 bits per heavy atom. The lowest BCUT2D eigenvalue weighted by molar-refractivity contribution is -0.143. The lowest BCUT2D eigenvalue weighted by atomic mass is 10.1. The molecule has 2 atom stereocenters. The monoisotopic (exact) mass is 314 g/mol. The Kier molecular flexibility index (Phi) is 2.83. The first-order valence-corrected chi connectivity index (χ1v) is 7.86. The van der Waals surface area contributed by atoms with E-state index < -0.39 is 11.4 Å². The molecule has 1 saturated carbocycles. The van der Waals surface area contributed by atoms with Crippen molar-refractivity contribution >= 4 is 23.5 Å². The quantitative estimate of drug-likeness (QED) is 0.888. The molecule has 0 bridgehead atoms. The molecule has 0 aromatic heterocycles. The number of anilines is 1. The first-order valence-electron chi connectivity index (χ1n) is 7.86. The molecular weight excluding hydrogens is 296 g/mol. The van der Waals surface area contributed by atoms with Gasteiger partial charge < -0.3 is 14.9 Å². The van der Waals surface area contributed by atoms with Gasteiger partial charge in [0.2, 0.25) is 5.91 Å². The van der Waals surface area contributed by atoms with Crippen LogP contribution in [0.15, 0.2) is 18.2 Å². The standard InChI is InChI=1S/C17H18N2O4/c1-10(20)19-5-4-11-6-12(2-3-14(11)19)15(21)18-8-13-7-17(13,9-18)16(22)23/h2-3,6,13H,4-5,7-9H2,1H3,(H,22,23)/t13-,17-/m1/s1. The first-order chi connectivity index (χ1) is 10.9. The molecule has 2 aliphatic heterocycles. The number of carboxylic acid groups (broad SMARTS) is 1. The Morgan fingerprint density at radius 3 is 2.74 bits per heavy atom. The van der Waals surface area contributed by atoms with Crippen molar-refractivity contribution < 1.29 is 19.5 Å². The van der Waals surface area contributed by atoms with E-state index in [1.54, 1.807) is 15.9 Å². The van der Waals surface area contributed by atoms with Gasteiger partial charge >= 0.3 is 5.97 Å². The molecule has 0 unspecified atom stereocenters. The van der Waals surface area contributed by atoms with E-state index in [1.807, 2.05) is 12.1 Å². The van der Waals surface area contributed by atoms with Crippen LogP contribution in [0.2, 0.25) is 0 Å². The fraction of sp³-hybridized carbons (Fsp3) is 0.471. The molecular formula is C17H18N2O4. The molecule has 120 valence electrons. The Labute approximate surface area is 133 Å². The van der Waals surface area contributed by atoms with Crippen LogP contribution >= 0.6 is 0 Å². The van der Waals surface area contributed by atoms with Crippen LogP contribution in [-0.4, -0.2) is 47.4 Å². The van der Waals surface area contributed by atoms with Crippen molar-refractivity contribution in [2.75, 3.05) is 24.5 Å². The highest BCUT2D eigenvalue weighted by molar-refractivity contribution is 5.98. The molecule has 0 radical (unpaired) electrons. The summed E-state index contributed by atoms with van der Waals surface area (Å²) in [5.41, 5.74) is 1.76. The van der Waals surface area contributed by atoms with Gasteiger partial charge in [-0.3, -0.25) is 14.4 Å². The minimum Gasteiger partial charge on any atom is -0.481 e. The zero-order valence-corrected chi connectivity index (χ0v) is 12.9. The summed E-state index contributed by atoms with van der Waals surface area (Å²) in [4.78, 5) is 38.9. The van der Waals surface area contributed by atoms with E-state index in [2.05, 4.69) is 0 Å². The largest absolute Gasteiger partial charge is 0.481 e. The van der Waals surface area contributed by atoms with Crippen LogP contribution in [0.25, 0.3) is 0 Å². The van der Waals surface area contributed by atoms with Gasteiger partial charge in [0, 0.05) is 37.8 Å². The second kappa shape index (κ2) is 4.57. The number of hydrogen-bond donors (Lipinski definition) is 1. The Balaban J connectivity index is 1.55. The number of carboxylic acids is 1. The summed E-state index contributed by atoms with van der Waals surface area (Å²) in [7, 11) is 0. The minimum absolute atomic E-state index is 0.00542. The van der Waals surface area contributed by atoms with Gasteiger partial charge in [0.15, 0.2) is 0 Å². The van der Waals surface area contributed by atoms with E-state index in [4.69, 9.17) is 0 Å². The van der Waals surface area contributed by atoms with Crippen molar-refractivity contribution in [1.82, 2.24) is 4.90 Å². The molecule has 2 fully saturated rings. The van der Waals surface area contributed by atoms with Crippen molar-refractivity contribution in [3.63, 3.8) is 0 Å². The summed E-state index contributed by atoms with van der Waals surface area (Å²) in [6.07, 6.45) is 1.43. The highest BCUT2D eigenvalue weighted by Gasteiger charge is 2.66. The van der Waals surface area contributed by atoms with Gasteiger partial charge in [0.05, 0.1) is 5.41 Å². The van der Waals surface area contributed by atoms with E-state index in [-0.39, 0.29) is 17.7 Å². The second-order valence-corrected chi connectivity index (χ2v) is 6.81. The third-order valence-corrected chi connectivity index (χ3v) is 5.46. The Bertz CT molecular complexity index is 744. The van der Waals surface area contributed by atoms with Gasteiger partial charge in [0.1, 0.15) is 0 Å². The number of nitrogens with zero attached hydrogens (tertiary/aromatic N) is 2. The van der Waals surface area contributed by atoms with E-state index in [0.29, 0.717) is 31.6 Å². The third-order valence-electron chi connectivity index (χ3n) is 5.46. The number of amides is 2. The van der Waals surface area contributed by atoms with Crippen LogP contribution in [0.3, 0.4) is 0 Å². The van der Waals surface area contributed by atoms with Crippen LogP contribution in [-0.2, 0) is 16.0 Å². The Hall–Kier alpha value is -2.37. The lowest BCUT2D eigenvalue weighted by Gasteiger charge is -2.20. The maximum absolute atomic E-state index is 12.6. The van der Waals surface area contributed by atoms with Crippen LogP contribution in [0.1, 0.15) is 29.3 Å². The van der Waals surface area contributed by atoms with Gasteiger partial charge in [-0.15, -0.1) is 0 Å². The van der Waals surface area contributed by atoms with E-state index in [1.165, 1.54) is 6.92 Å². The first kappa shape index (κ1) is 14.2. The predicted octanol–water partition coefficient (Wildman–Crippen LogP) is 1.14. The maximum atomic E-state index is 12.6. The number of fused-ring (bicyclic) bond motifs is 2. The van der Waals surface area contributed by atoms with Crippen LogP contribution < -0.4 is 4.90 Å². The summed E-state index contributed by atoms with van der Waals surface area (Å²) >= 11 is 0. The molecule has 2 amide bonds. The van der Waals surface area contributed by atoms with Crippen LogP contribution in [0.5, 0.6) is 0 Å². The average molecular weight is 314 g/mol. The molecule has 2 heterocycles. The minimum atomic E-state index is -0.788. The van der Waals surface area contributed by atoms with Crippen LogP contribution in [0, 0.1) is 11.3 Å². The highest BCUT2D eigenvalue weighted by Crippen LogP contribution is 2.58. The molecule has 4 rings (SSSR count). The van der Waals surface area contributed by atoms with Gasteiger partial charge in [-0.2, -0.15) is 0 Å². The fourth-order valence-electron chi connectivity index (χ4n) is 4.01. The van der Waals surface area contributed by atoms with Gasteiger partial charge in [0.25, 0.3) is 5.91 Å². The number of benzene rings is 1.